The fourth-order valence-corrected chi connectivity index (χ4v) is 3.65. The highest BCUT2D eigenvalue weighted by atomic mass is 32.2. The number of carbonyl (C=O) groups excluding carboxylic acids is 1. The monoisotopic (exact) mass is 372 g/mol. The molecule has 1 fully saturated rings. The Morgan fingerprint density at radius 2 is 2.04 bits per heavy atom. The zero-order valence-corrected chi connectivity index (χ0v) is 16.0. The standard InChI is InChI=1S/C19H24N4O2S/c1-22(2)17-8-9-18(21-20-17)25-16-10-11-23(12-16)19(24)14-26-13-15-6-4-3-5-7-15/h3-9,16H,10-14H2,1-2H3. The van der Waals surface area contributed by atoms with Crippen LogP contribution in [0.4, 0.5) is 5.82 Å². The number of nitrogens with zero attached hydrogens (tertiary/aromatic N) is 4. The van der Waals surface area contributed by atoms with E-state index in [2.05, 4.69) is 22.3 Å². The van der Waals surface area contributed by atoms with Crippen molar-refractivity contribution in [3.05, 3.63) is 48.0 Å². The Bertz CT molecular complexity index is 709. The molecule has 3 rings (SSSR count). The van der Waals surface area contributed by atoms with Crippen molar-refractivity contribution in [1.29, 1.82) is 0 Å². The highest BCUT2D eigenvalue weighted by molar-refractivity contribution is 7.99. The molecule has 6 nitrogen and oxygen atoms in total. The van der Waals surface area contributed by atoms with Crippen molar-refractivity contribution in [1.82, 2.24) is 15.1 Å². The van der Waals surface area contributed by atoms with Crippen LogP contribution >= 0.6 is 11.8 Å². The number of rotatable bonds is 7. The van der Waals surface area contributed by atoms with E-state index in [1.54, 1.807) is 11.8 Å². The van der Waals surface area contributed by atoms with E-state index >= 15 is 0 Å². The molecule has 0 spiro atoms. The van der Waals surface area contributed by atoms with Crippen molar-refractivity contribution in [2.24, 2.45) is 0 Å². The molecular formula is C19H24N4O2S. The quantitative estimate of drug-likeness (QED) is 0.744. The lowest BCUT2D eigenvalue weighted by molar-refractivity contribution is -0.127. The molecule has 26 heavy (non-hydrogen) atoms. The smallest absolute Gasteiger partial charge is 0.233 e. The Morgan fingerprint density at radius 1 is 1.23 bits per heavy atom. The van der Waals surface area contributed by atoms with Crippen LogP contribution in [0.2, 0.25) is 0 Å². The van der Waals surface area contributed by atoms with Crippen molar-refractivity contribution in [3.63, 3.8) is 0 Å². The second-order valence-corrected chi connectivity index (χ2v) is 7.46. The summed E-state index contributed by atoms with van der Waals surface area (Å²) in [5, 5.41) is 8.21. The van der Waals surface area contributed by atoms with Crippen molar-refractivity contribution in [3.8, 4) is 5.88 Å². The highest BCUT2D eigenvalue weighted by Gasteiger charge is 2.27. The van der Waals surface area contributed by atoms with Gasteiger partial charge in [-0.05, 0) is 11.6 Å². The summed E-state index contributed by atoms with van der Waals surface area (Å²) in [4.78, 5) is 16.1. The molecule has 1 atom stereocenters. The Kier molecular flexibility index (Phi) is 6.33. The first kappa shape index (κ1) is 18.5. The van der Waals surface area contributed by atoms with Crippen LogP contribution in [0.5, 0.6) is 5.88 Å². The van der Waals surface area contributed by atoms with Gasteiger partial charge in [0.25, 0.3) is 0 Å². The molecule has 1 saturated heterocycles. The van der Waals surface area contributed by atoms with Crippen LogP contribution in [0, 0.1) is 0 Å². The average Bonchev–Trinajstić information content (AvgIpc) is 3.11. The van der Waals surface area contributed by atoms with Gasteiger partial charge in [0.15, 0.2) is 5.82 Å². The van der Waals surface area contributed by atoms with Gasteiger partial charge in [0, 0.05) is 38.9 Å². The molecule has 7 heteroatoms. The molecule has 0 bridgehead atoms. The van der Waals surface area contributed by atoms with Gasteiger partial charge < -0.3 is 14.5 Å². The number of amides is 1. The largest absolute Gasteiger partial charge is 0.471 e. The molecule has 138 valence electrons. The lowest BCUT2D eigenvalue weighted by Gasteiger charge is -2.17. The maximum absolute atomic E-state index is 12.4. The lowest BCUT2D eigenvalue weighted by Crippen LogP contribution is -2.32. The molecule has 2 heterocycles. The highest BCUT2D eigenvalue weighted by Crippen LogP contribution is 2.19. The molecule has 0 saturated carbocycles. The van der Waals surface area contributed by atoms with Gasteiger partial charge in [0.05, 0.1) is 12.3 Å². The van der Waals surface area contributed by atoms with Gasteiger partial charge in [-0.2, -0.15) is 0 Å². The number of aromatic nitrogens is 2. The molecule has 1 amide bonds. The van der Waals surface area contributed by atoms with Crippen LogP contribution in [0.3, 0.4) is 0 Å². The zero-order valence-electron chi connectivity index (χ0n) is 15.2. The van der Waals surface area contributed by atoms with Crippen molar-refractivity contribution in [2.75, 3.05) is 37.8 Å². The van der Waals surface area contributed by atoms with Gasteiger partial charge in [0.1, 0.15) is 6.10 Å². The number of benzene rings is 1. The number of likely N-dealkylation sites (tertiary alicyclic amines) is 1. The molecule has 0 N–H and O–H groups in total. The van der Waals surface area contributed by atoms with Gasteiger partial charge in [0.2, 0.25) is 11.8 Å². The van der Waals surface area contributed by atoms with Crippen molar-refractivity contribution < 1.29 is 9.53 Å². The maximum atomic E-state index is 12.4. The summed E-state index contributed by atoms with van der Waals surface area (Å²) in [6, 6.07) is 13.9. The van der Waals surface area contributed by atoms with E-state index in [9.17, 15) is 4.79 Å². The normalized spacial score (nSPS) is 16.5. The van der Waals surface area contributed by atoms with Crippen LogP contribution in [-0.4, -0.2) is 60.0 Å². The third-order valence-electron chi connectivity index (χ3n) is 4.21. The van der Waals surface area contributed by atoms with Crippen LogP contribution in [-0.2, 0) is 10.5 Å². The van der Waals surface area contributed by atoms with Crippen LogP contribution < -0.4 is 9.64 Å². The summed E-state index contributed by atoms with van der Waals surface area (Å²) in [5.41, 5.74) is 1.24. The van der Waals surface area contributed by atoms with Crippen LogP contribution in [0.25, 0.3) is 0 Å². The SMILES string of the molecule is CN(C)c1ccc(OC2CCN(C(=O)CSCc3ccccc3)C2)nn1. The number of carbonyl (C=O) groups is 1. The molecule has 1 aliphatic heterocycles. The minimum Gasteiger partial charge on any atom is -0.471 e. The van der Waals surface area contributed by atoms with Gasteiger partial charge >= 0.3 is 0 Å². The molecule has 1 aromatic carbocycles. The van der Waals surface area contributed by atoms with Gasteiger partial charge in [-0.1, -0.05) is 30.3 Å². The number of ether oxygens (including phenoxy) is 1. The van der Waals surface area contributed by atoms with E-state index in [1.165, 1.54) is 5.56 Å². The van der Waals surface area contributed by atoms with E-state index in [-0.39, 0.29) is 12.0 Å². The fourth-order valence-electron chi connectivity index (χ4n) is 2.76. The first-order valence-electron chi connectivity index (χ1n) is 8.69. The summed E-state index contributed by atoms with van der Waals surface area (Å²) < 4.78 is 5.87. The number of thioether (sulfide) groups is 1. The fraction of sp³-hybridized carbons (Fsp3) is 0.421. The summed E-state index contributed by atoms with van der Waals surface area (Å²) in [5.74, 6) is 2.82. The molecule has 1 unspecified atom stereocenters. The molecule has 1 aliphatic rings. The predicted octanol–water partition coefficient (Wildman–Crippen LogP) is 2.46. The van der Waals surface area contributed by atoms with Gasteiger partial charge in [-0.25, -0.2) is 0 Å². The van der Waals surface area contributed by atoms with E-state index in [0.29, 0.717) is 18.2 Å². The van der Waals surface area contributed by atoms with Gasteiger partial charge in [-0.3, -0.25) is 4.79 Å². The number of anilines is 1. The van der Waals surface area contributed by atoms with Crippen molar-refractivity contribution in [2.45, 2.75) is 18.3 Å². The topological polar surface area (TPSA) is 58.6 Å². The third-order valence-corrected chi connectivity index (χ3v) is 5.19. The predicted molar refractivity (Wildman–Crippen MR) is 105 cm³/mol. The summed E-state index contributed by atoms with van der Waals surface area (Å²) in [6.45, 7) is 1.35. The third kappa shape index (κ3) is 5.11. The Morgan fingerprint density at radius 3 is 2.73 bits per heavy atom. The van der Waals surface area contributed by atoms with Crippen molar-refractivity contribution >= 4 is 23.5 Å². The molecule has 2 aromatic rings. The first-order chi connectivity index (χ1) is 12.6. The van der Waals surface area contributed by atoms with Crippen LogP contribution in [0.15, 0.2) is 42.5 Å². The first-order valence-corrected chi connectivity index (χ1v) is 9.84. The molecule has 1 aromatic heterocycles. The number of hydrogen-bond acceptors (Lipinski definition) is 6. The zero-order chi connectivity index (χ0) is 18.4. The van der Waals surface area contributed by atoms with E-state index < -0.39 is 0 Å². The lowest BCUT2D eigenvalue weighted by atomic mass is 10.2. The maximum Gasteiger partial charge on any atom is 0.233 e. The van der Waals surface area contributed by atoms with E-state index in [0.717, 1.165) is 24.5 Å². The second kappa shape index (κ2) is 8.89. The minimum atomic E-state index is -0.0161. The van der Waals surface area contributed by atoms with Gasteiger partial charge in [-0.15, -0.1) is 22.0 Å². The Labute approximate surface area is 158 Å². The van der Waals surface area contributed by atoms with E-state index in [4.69, 9.17) is 4.74 Å². The minimum absolute atomic E-state index is 0.0161. The molecule has 0 radical (unpaired) electrons. The Balaban J connectivity index is 1.42. The molecule has 0 aliphatic carbocycles. The second-order valence-electron chi connectivity index (χ2n) is 6.47. The summed E-state index contributed by atoms with van der Waals surface area (Å²) in [7, 11) is 3.83. The van der Waals surface area contributed by atoms with E-state index in [1.807, 2.05) is 54.2 Å². The Hall–Kier alpha value is -2.28. The average molecular weight is 372 g/mol. The number of hydrogen-bond donors (Lipinski definition) is 0. The van der Waals surface area contributed by atoms with Crippen LogP contribution in [0.1, 0.15) is 12.0 Å². The molecular weight excluding hydrogens is 348 g/mol. The summed E-state index contributed by atoms with van der Waals surface area (Å²) in [6.07, 6.45) is 0.809. The summed E-state index contributed by atoms with van der Waals surface area (Å²) >= 11 is 1.65.